The lowest BCUT2D eigenvalue weighted by Gasteiger charge is -2.21. The minimum absolute atomic E-state index is 0.171. The molecule has 2 unspecified atom stereocenters. The van der Waals surface area contributed by atoms with Crippen molar-refractivity contribution in [3.63, 3.8) is 0 Å². The van der Waals surface area contributed by atoms with Gasteiger partial charge in [0.05, 0.1) is 37.1 Å². The SMILES string of the molecule is COC(=O)/C=C(\OC)C(C)C(/C=C/c1csc(-c2csc(CC(C)C)n2)n1)OC. The van der Waals surface area contributed by atoms with Crippen molar-refractivity contribution in [1.29, 1.82) is 0 Å². The second-order valence-corrected chi connectivity index (χ2v) is 8.72. The third kappa shape index (κ3) is 6.76. The van der Waals surface area contributed by atoms with Crippen LogP contribution in [0.2, 0.25) is 0 Å². The Labute approximate surface area is 180 Å². The van der Waals surface area contributed by atoms with Gasteiger partial charge >= 0.3 is 5.97 Å². The van der Waals surface area contributed by atoms with Crippen LogP contribution in [0, 0.1) is 11.8 Å². The van der Waals surface area contributed by atoms with Crippen molar-refractivity contribution in [1.82, 2.24) is 9.97 Å². The third-order valence-electron chi connectivity index (χ3n) is 4.24. The fraction of sp³-hybridized carbons (Fsp3) is 0.476. The van der Waals surface area contributed by atoms with Crippen LogP contribution in [0.3, 0.4) is 0 Å². The van der Waals surface area contributed by atoms with Crippen molar-refractivity contribution >= 4 is 34.7 Å². The second-order valence-electron chi connectivity index (χ2n) is 6.92. The van der Waals surface area contributed by atoms with Crippen molar-refractivity contribution in [3.8, 4) is 10.7 Å². The largest absolute Gasteiger partial charge is 0.500 e. The molecule has 0 aliphatic rings. The van der Waals surface area contributed by atoms with Crippen molar-refractivity contribution in [3.05, 3.63) is 39.4 Å². The van der Waals surface area contributed by atoms with Crippen LogP contribution in [0.15, 0.2) is 28.7 Å². The number of ether oxygens (including phenoxy) is 3. The van der Waals surface area contributed by atoms with Crippen molar-refractivity contribution in [2.45, 2.75) is 33.3 Å². The summed E-state index contributed by atoms with van der Waals surface area (Å²) >= 11 is 3.25. The molecule has 158 valence electrons. The molecule has 0 radical (unpaired) electrons. The zero-order valence-corrected chi connectivity index (χ0v) is 19.3. The summed E-state index contributed by atoms with van der Waals surface area (Å²) in [5, 5.41) is 6.10. The number of rotatable bonds is 10. The zero-order valence-electron chi connectivity index (χ0n) is 17.7. The Kier molecular flexibility index (Phi) is 9.00. The Bertz CT molecular complexity index is 854. The quantitative estimate of drug-likeness (QED) is 0.302. The highest BCUT2D eigenvalue weighted by Gasteiger charge is 2.20. The van der Waals surface area contributed by atoms with Gasteiger partial charge in [-0.3, -0.25) is 0 Å². The van der Waals surface area contributed by atoms with Gasteiger partial charge in [-0.1, -0.05) is 26.8 Å². The Morgan fingerprint density at radius 2 is 1.86 bits per heavy atom. The van der Waals surface area contributed by atoms with Crippen LogP contribution in [0.4, 0.5) is 0 Å². The van der Waals surface area contributed by atoms with Gasteiger partial charge in [-0.25, -0.2) is 14.8 Å². The van der Waals surface area contributed by atoms with Gasteiger partial charge in [0.2, 0.25) is 0 Å². The van der Waals surface area contributed by atoms with Gasteiger partial charge in [0.1, 0.15) is 16.5 Å². The molecule has 0 spiro atoms. The van der Waals surface area contributed by atoms with Crippen molar-refractivity contribution < 1.29 is 19.0 Å². The lowest BCUT2D eigenvalue weighted by atomic mass is 10.0. The average molecular weight is 437 g/mol. The molecule has 6 nitrogen and oxygen atoms in total. The van der Waals surface area contributed by atoms with E-state index >= 15 is 0 Å². The van der Waals surface area contributed by atoms with Crippen LogP contribution >= 0.6 is 22.7 Å². The fourth-order valence-corrected chi connectivity index (χ4v) is 4.50. The predicted octanol–water partition coefficient (Wildman–Crippen LogP) is 4.83. The topological polar surface area (TPSA) is 70.5 Å². The van der Waals surface area contributed by atoms with Crippen molar-refractivity contribution in [2.24, 2.45) is 11.8 Å². The molecule has 2 atom stereocenters. The summed E-state index contributed by atoms with van der Waals surface area (Å²) in [7, 11) is 4.48. The minimum atomic E-state index is -0.461. The van der Waals surface area contributed by atoms with E-state index in [-0.39, 0.29) is 12.0 Å². The van der Waals surface area contributed by atoms with Gasteiger partial charge in [-0.2, -0.15) is 0 Å². The summed E-state index contributed by atoms with van der Waals surface area (Å²) in [6.45, 7) is 6.31. The van der Waals surface area contributed by atoms with E-state index < -0.39 is 5.97 Å². The summed E-state index contributed by atoms with van der Waals surface area (Å²) in [5.41, 5.74) is 1.77. The standard InChI is InChI=1S/C21H28N2O4S2/c1-13(2)9-19-23-16(12-28-19)21-22-15(11-29-21)7-8-17(25-4)14(3)18(26-5)10-20(24)27-6/h7-8,10-14,17H,9H2,1-6H3/b8-7+,18-10-. The molecule has 2 aromatic rings. The molecule has 29 heavy (non-hydrogen) atoms. The monoisotopic (exact) mass is 436 g/mol. The van der Waals surface area contributed by atoms with E-state index in [1.54, 1.807) is 29.8 Å². The Hall–Kier alpha value is -2.03. The molecule has 2 heterocycles. The lowest BCUT2D eigenvalue weighted by Crippen LogP contribution is -2.21. The van der Waals surface area contributed by atoms with E-state index in [1.165, 1.54) is 20.3 Å². The van der Waals surface area contributed by atoms with Gasteiger partial charge in [-0.15, -0.1) is 22.7 Å². The molecule has 0 saturated carbocycles. The highest BCUT2D eigenvalue weighted by molar-refractivity contribution is 7.14. The molecule has 8 heteroatoms. The molecule has 0 aliphatic heterocycles. The first kappa shape index (κ1) is 23.3. The first-order chi connectivity index (χ1) is 13.9. The van der Waals surface area contributed by atoms with Crippen LogP contribution in [0.25, 0.3) is 16.8 Å². The Balaban J connectivity index is 2.11. The van der Waals surface area contributed by atoms with E-state index in [1.807, 2.05) is 24.5 Å². The summed E-state index contributed by atoms with van der Waals surface area (Å²) in [6.07, 6.45) is 5.86. The zero-order chi connectivity index (χ0) is 21.4. The van der Waals surface area contributed by atoms with E-state index in [4.69, 9.17) is 14.5 Å². The average Bonchev–Trinajstić information content (AvgIpc) is 3.35. The number of carbonyl (C=O) groups is 1. The fourth-order valence-electron chi connectivity index (χ4n) is 2.69. The molecule has 0 bridgehead atoms. The number of methoxy groups -OCH3 is 3. The van der Waals surface area contributed by atoms with Gasteiger partial charge in [-0.05, 0) is 12.0 Å². The smallest absolute Gasteiger partial charge is 0.333 e. The van der Waals surface area contributed by atoms with Gasteiger partial charge in [0, 0.05) is 30.2 Å². The number of esters is 1. The number of hydrogen-bond donors (Lipinski definition) is 0. The minimum Gasteiger partial charge on any atom is -0.500 e. The number of carbonyl (C=O) groups excluding carboxylic acids is 1. The van der Waals surface area contributed by atoms with E-state index in [0.29, 0.717) is 11.7 Å². The molecule has 0 saturated heterocycles. The van der Waals surface area contributed by atoms with Crippen LogP contribution in [-0.2, 0) is 25.4 Å². The highest BCUT2D eigenvalue weighted by atomic mass is 32.1. The second kappa shape index (κ2) is 11.2. The van der Waals surface area contributed by atoms with Crippen LogP contribution in [0.5, 0.6) is 0 Å². The molecule has 2 aromatic heterocycles. The Morgan fingerprint density at radius 1 is 1.10 bits per heavy atom. The molecule has 0 aliphatic carbocycles. The summed E-state index contributed by atoms with van der Waals surface area (Å²) in [4.78, 5) is 20.9. The van der Waals surface area contributed by atoms with Crippen molar-refractivity contribution in [2.75, 3.05) is 21.3 Å². The van der Waals surface area contributed by atoms with Gasteiger partial charge in [0.25, 0.3) is 0 Å². The molecule has 2 rings (SSSR count). The molecule has 0 fully saturated rings. The summed E-state index contributed by atoms with van der Waals surface area (Å²) < 4.78 is 15.6. The number of aromatic nitrogens is 2. The van der Waals surface area contributed by atoms with Gasteiger partial charge in [0.15, 0.2) is 0 Å². The predicted molar refractivity (Wildman–Crippen MR) is 118 cm³/mol. The summed E-state index contributed by atoms with van der Waals surface area (Å²) in [6, 6.07) is 0. The van der Waals surface area contributed by atoms with E-state index in [0.717, 1.165) is 27.8 Å². The third-order valence-corrected chi connectivity index (χ3v) is 6.00. The van der Waals surface area contributed by atoms with Gasteiger partial charge < -0.3 is 14.2 Å². The highest BCUT2D eigenvalue weighted by Crippen LogP contribution is 2.27. The maximum absolute atomic E-state index is 11.5. The number of hydrogen-bond acceptors (Lipinski definition) is 8. The summed E-state index contributed by atoms with van der Waals surface area (Å²) in [5.74, 6) is 0.446. The molecule has 0 N–H and O–H groups in total. The molecular formula is C21H28N2O4S2. The maximum Gasteiger partial charge on any atom is 0.333 e. The number of thiazole rings is 2. The van der Waals surface area contributed by atoms with Crippen LogP contribution in [0.1, 0.15) is 31.5 Å². The van der Waals surface area contributed by atoms with Crippen LogP contribution in [-0.4, -0.2) is 43.4 Å². The Morgan fingerprint density at radius 3 is 2.48 bits per heavy atom. The van der Waals surface area contributed by atoms with E-state index in [2.05, 4.69) is 28.9 Å². The molecule has 0 aromatic carbocycles. The van der Waals surface area contributed by atoms with Crippen LogP contribution < -0.4 is 0 Å². The first-order valence-electron chi connectivity index (χ1n) is 9.32. The molecule has 0 amide bonds. The molecular weight excluding hydrogens is 408 g/mol. The lowest BCUT2D eigenvalue weighted by molar-refractivity contribution is -0.135. The maximum atomic E-state index is 11.5. The van der Waals surface area contributed by atoms with E-state index in [9.17, 15) is 4.79 Å². The first-order valence-corrected chi connectivity index (χ1v) is 11.1. The normalized spacial score (nSPS) is 14.4. The number of nitrogens with zero attached hydrogens (tertiary/aromatic N) is 2.